The van der Waals surface area contributed by atoms with E-state index < -0.39 is 10.1 Å². The fraction of sp³-hybridized carbons (Fsp3) is 0.333. The number of hydrogen-bond acceptors (Lipinski definition) is 5. The molecule has 1 heterocycles. The van der Waals surface area contributed by atoms with Gasteiger partial charge in [-0.2, -0.15) is 8.42 Å². The summed E-state index contributed by atoms with van der Waals surface area (Å²) >= 11 is 1.47. The van der Waals surface area contributed by atoms with Crippen molar-refractivity contribution in [2.45, 2.75) is 16.7 Å². The van der Waals surface area contributed by atoms with Gasteiger partial charge < -0.3 is 0 Å². The van der Waals surface area contributed by atoms with Gasteiger partial charge in [0.25, 0.3) is 10.1 Å². The third kappa shape index (κ3) is 2.17. The highest BCUT2D eigenvalue weighted by molar-refractivity contribution is 7.99. The zero-order valence-electron chi connectivity index (χ0n) is 8.58. The molecule has 0 unspecified atom stereocenters. The molecule has 1 aliphatic rings. The van der Waals surface area contributed by atoms with E-state index in [2.05, 4.69) is 0 Å². The first-order valence-corrected chi connectivity index (χ1v) is 7.09. The summed E-state index contributed by atoms with van der Waals surface area (Å²) in [6.07, 6.45) is 0. The third-order valence-corrected chi connectivity index (χ3v) is 3.97. The van der Waals surface area contributed by atoms with Crippen LogP contribution in [0.3, 0.4) is 0 Å². The van der Waals surface area contributed by atoms with Crippen LogP contribution < -0.4 is 5.06 Å². The number of hydroxylamine groups is 1. The van der Waals surface area contributed by atoms with Crippen molar-refractivity contribution >= 4 is 27.6 Å². The van der Waals surface area contributed by atoms with Crippen molar-refractivity contribution in [3.63, 3.8) is 0 Å². The van der Waals surface area contributed by atoms with Crippen LogP contribution in [0.4, 0.5) is 5.69 Å². The minimum Gasteiger partial charge on any atom is -0.282 e. The van der Waals surface area contributed by atoms with Gasteiger partial charge in [-0.25, -0.2) is 5.06 Å². The van der Waals surface area contributed by atoms with E-state index in [-0.39, 0.29) is 4.90 Å². The molecule has 1 aliphatic heterocycles. The van der Waals surface area contributed by atoms with Crippen LogP contribution in [0.15, 0.2) is 28.0 Å². The van der Waals surface area contributed by atoms with Crippen molar-refractivity contribution in [2.75, 3.05) is 17.5 Å². The highest BCUT2D eigenvalue weighted by Gasteiger charge is 2.22. The molecule has 0 aromatic heterocycles. The van der Waals surface area contributed by atoms with Crippen LogP contribution in [0.25, 0.3) is 0 Å². The van der Waals surface area contributed by atoms with Gasteiger partial charge in [0.2, 0.25) is 0 Å². The maximum Gasteiger partial charge on any atom is 0.294 e. The van der Waals surface area contributed by atoms with Crippen LogP contribution in [0.1, 0.15) is 6.92 Å². The standard InChI is InChI=1S/C9H11NO4S2/c1-2-14-10-6-15-9-5-7(16(11,12)13)3-4-8(9)10/h3-5H,2,6H2,1H3,(H,11,12,13). The molecule has 7 heteroatoms. The Hall–Kier alpha value is -0.760. The van der Waals surface area contributed by atoms with Crippen molar-refractivity contribution in [3.05, 3.63) is 18.2 Å². The summed E-state index contributed by atoms with van der Waals surface area (Å²) in [4.78, 5) is 6.06. The number of fused-ring (bicyclic) bond motifs is 1. The summed E-state index contributed by atoms with van der Waals surface area (Å²) < 4.78 is 30.8. The molecule has 2 rings (SSSR count). The van der Waals surface area contributed by atoms with Crippen LogP contribution in [-0.4, -0.2) is 25.5 Å². The predicted molar refractivity (Wildman–Crippen MR) is 61.1 cm³/mol. The molecule has 88 valence electrons. The molecule has 0 radical (unpaired) electrons. The fourth-order valence-electron chi connectivity index (χ4n) is 1.44. The molecule has 1 aromatic carbocycles. The molecular weight excluding hydrogens is 250 g/mol. The first-order chi connectivity index (χ1) is 7.52. The van der Waals surface area contributed by atoms with Crippen LogP contribution in [-0.2, 0) is 15.0 Å². The van der Waals surface area contributed by atoms with E-state index >= 15 is 0 Å². The zero-order chi connectivity index (χ0) is 11.8. The van der Waals surface area contributed by atoms with Gasteiger partial charge >= 0.3 is 0 Å². The van der Waals surface area contributed by atoms with Gasteiger partial charge in [0, 0.05) is 4.90 Å². The van der Waals surface area contributed by atoms with Crippen LogP contribution in [0.5, 0.6) is 0 Å². The summed E-state index contributed by atoms with van der Waals surface area (Å²) in [6.45, 7) is 2.44. The summed E-state index contributed by atoms with van der Waals surface area (Å²) in [6, 6.07) is 4.45. The Morgan fingerprint density at radius 3 is 2.94 bits per heavy atom. The Bertz CT molecular complexity index is 500. The Morgan fingerprint density at radius 1 is 1.56 bits per heavy atom. The van der Waals surface area contributed by atoms with Crippen LogP contribution in [0.2, 0.25) is 0 Å². The molecule has 0 amide bonds. The lowest BCUT2D eigenvalue weighted by Gasteiger charge is -2.16. The van der Waals surface area contributed by atoms with Gasteiger partial charge in [-0.3, -0.25) is 9.39 Å². The predicted octanol–water partition coefficient (Wildman–Crippen LogP) is 1.75. The molecule has 0 saturated heterocycles. The van der Waals surface area contributed by atoms with E-state index in [9.17, 15) is 8.42 Å². The lowest BCUT2D eigenvalue weighted by molar-refractivity contribution is 0.132. The number of nitrogens with zero attached hydrogens (tertiary/aromatic N) is 1. The second-order valence-electron chi connectivity index (χ2n) is 3.17. The number of thioether (sulfide) groups is 1. The summed E-state index contributed by atoms with van der Waals surface area (Å²) in [5.41, 5.74) is 0.833. The summed E-state index contributed by atoms with van der Waals surface area (Å²) in [7, 11) is -4.13. The summed E-state index contributed by atoms with van der Waals surface area (Å²) in [5.74, 6) is 0.623. The maximum atomic E-state index is 10.9. The van der Waals surface area contributed by atoms with Crippen molar-refractivity contribution in [2.24, 2.45) is 0 Å². The molecular formula is C9H11NO4S2. The van der Waals surface area contributed by atoms with Gasteiger partial charge in [-0.1, -0.05) is 11.8 Å². The van der Waals surface area contributed by atoms with E-state index in [4.69, 9.17) is 9.39 Å². The molecule has 1 aromatic rings. The van der Waals surface area contributed by atoms with Gasteiger partial charge in [0.15, 0.2) is 0 Å². The lowest BCUT2D eigenvalue weighted by atomic mass is 10.3. The molecule has 0 bridgehead atoms. The van der Waals surface area contributed by atoms with Crippen molar-refractivity contribution in [1.82, 2.24) is 0 Å². The monoisotopic (exact) mass is 261 g/mol. The number of anilines is 1. The number of benzene rings is 1. The van der Waals surface area contributed by atoms with Crippen molar-refractivity contribution < 1.29 is 17.8 Å². The van der Waals surface area contributed by atoms with Gasteiger partial charge in [0.05, 0.1) is 23.1 Å². The highest BCUT2D eigenvalue weighted by atomic mass is 32.2. The minimum absolute atomic E-state index is 0.0860. The summed E-state index contributed by atoms with van der Waals surface area (Å²) in [5, 5.41) is 1.70. The van der Waals surface area contributed by atoms with Gasteiger partial charge in [-0.15, -0.1) is 0 Å². The highest BCUT2D eigenvalue weighted by Crippen LogP contribution is 2.39. The largest absolute Gasteiger partial charge is 0.294 e. The molecule has 0 aliphatic carbocycles. The molecule has 16 heavy (non-hydrogen) atoms. The SMILES string of the molecule is CCON1CSc2cc(S(=O)(=O)O)ccc21. The molecule has 1 N–H and O–H groups in total. The maximum absolute atomic E-state index is 10.9. The zero-order valence-corrected chi connectivity index (χ0v) is 10.2. The average Bonchev–Trinajstić information content (AvgIpc) is 2.60. The molecule has 0 fully saturated rings. The third-order valence-electron chi connectivity index (χ3n) is 2.12. The van der Waals surface area contributed by atoms with Crippen LogP contribution >= 0.6 is 11.8 Å². The van der Waals surface area contributed by atoms with E-state index in [0.717, 1.165) is 10.6 Å². The molecule has 0 spiro atoms. The molecule has 5 nitrogen and oxygen atoms in total. The van der Waals surface area contributed by atoms with Gasteiger partial charge in [0.1, 0.15) is 0 Å². The first-order valence-electron chi connectivity index (χ1n) is 4.67. The second kappa shape index (κ2) is 4.25. The van der Waals surface area contributed by atoms with E-state index in [1.165, 1.54) is 23.9 Å². The average molecular weight is 261 g/mol. The lowest BCUT2D eigenvalue weighted by Crippen LogP contribution is -2.19. The van der Waals surface area contributed by atoms with E-state index in [0.29, 0.717) is 12.5 Å². The first kappa shape index (κ1) is 11.7. The Labute approximate surface area is 98.1 Å². The Kier molecular flexibility index (Phi) is 3.11. The van der Waals surface area contributed by atoms with Crippen LogP contribution in [0, 0.1) is 0 Å². The van der Waals surface area contributed by atoms with Crippen molar-refractivity contribution in [3.8, 4) is 0 Å². The molecule has 0 atom stereocenters. The molecule has 0 saturated carbocycles. The Morgan fingerprint density at radius 2 is 2.31 bits per heavy atom. The fourth-order valence-corrected chi connectivity index (χ4v) is 3.02. The normalized spacial score (nSPS) is 15.2. The number of rotatable bonds is 3. The Balaban J connectivity index is 2.37. The quantitative estimate of drug-likeness (QED) is 0.836. The number of hydrogen-bond donors (Lipinski definition) is 1. The smallest absolute Gasteiger partial charge is 0.282 e. The van der Waals surface area contributed by atoms with E-state index in [1.54, 1.807) is 11.1 Å². The van der Waals surface area contributed by atoms with Crippen molar-refractivity contribution in [1.29, 1.82) is 0 Å². The van der Waals surface area contributed by atoms with E-state index in [1.807, 2.05) is 6.92 Å². The topological polar surface area (TPSA) is 66.8 Å². The second-order valence-corrected chi connectivity index (χ2v) is 5.58. The minimum atomic E-state index is -4.13. The van der Waals surface area contributed by atoms with Gasteiger partial charge in [-0.05, 0) is 25.1 Å².